The second-order valence-electron chi connectivity index (χ2n) is 6.10. The summed E-state index contributed by atoms with van der Waals surface area (Å²) in [6.45, 7) is 1.88. The van der Waals surface area contributed by atoms with E-state index in [1.807, 2.05) is 78.5 Å². The van der Waals surface area contributed by atoms with Crippen LogP contribution in [0.3, 0.4) is 0 Å². The molecular formula is C20H18N4OS2. The number of aromatic nitrogens is 3. The molecule has 0 bridgehead atoms. The summed E-state index contributed by atoms with van der Waals surface area (Å²) in [5.74, 6) is -0.0824. The summed E-state index contributed by atoms with van der Waals surface area (Å²) in [5.41, 5.74) is 3.89. The number of nitrogens with zero attached hydrogens (tertiary/aromatic N) is 3. The van der Waals surface area contributed by atoms with E-state index in [4.69, 9.17) is 0 Å². The molecule has 5 nitrogen and oxygen atoms in total. The van der Waals surface area contributed by atoms with E-state index < -0.39 is 0 Å². The van der Waals surface area contributed by atoms with Crippen LogP contribution < -0.4 is 5.32 Å². The van der Waals surface area contributed by atoms with Crippen LogP contribution in [-0.4, -0.2) is 25.7 Å². The van der Waals surface area contributed by atoms with Gasteiger partial charge in [-0.3, -0.25) is 4.79 Å². The highest BCUT2D eigenvalue weighted by Gasteiger charge is 2.19. The van der Waals surface area contributed by atoms with Crippen molar-refractivity contribution >= 4 is 45.2 Å². The molecule has 0 radical (unpaired) electrons. The fraction of sp³-hybridized carbons (Fsp3) is 0.150. The molecule has 0 aliphatic rings. The molecule has 2 aromatic heterocycles. The molecule has 27 heavy (non-hydrogen) atoms. The van der Waals surface area contributed by atoms with Crippen LogP contribution in [0.2, 0.25) is 0 Å². The number of hydrogen-bond donors (Lipinski definition) is 1. The molecule has 4 rings (SSSR count). The average Bonchev–Trinajstić information content (AvgIpc) is 3.28. The molecule has 0 spiro atoms. The van der Waals surface area contributed by atoms with E-state index in [0.29, 0.717) is 5.13 Å². The van der Waals surface area contributed by atoms with E-state index in [9.17, 15) is 4.79 Å². The number of thioether (sulfide) groups is 1. The van der Waals surface area contributed by atoms with Crippen LogP contribution in [0.1, 0.15) is 6.92 Å². The number of thiazole rings is 1. The van der Waals surface area contributed by atoms with E-state index >= 15 is 0 Å². The number of rotatable bonds is 5. The predicted molar refractivity (Wildman–Crippen MR) is 112 cm³/mol. The van der Waals surface area contributed by atoms with Gasteiger partial charge < -0.3 is 9.88 Å². The molecule has 1 atom stereocenters. The van der Waals surface area contributed by atoms with E-state index in [-0.39, 0.29) is 11.2 Å². The summed E-state index contributed by atoms with van der Waals surface area (Å²) < 4.78 is 2.01. The first-order valence-corrected chi connectivity index (χ1v) is 10.3. The number of amides is 1. The van der Waals surface area contributed by atoms with Gasteiger partial charge in [-0.05, 0) is 19.1 Å². The Balaban J connectivity index is 1.45. The Labute approximate surface area is 165 Å². The number of hydrogen-bond acceptors (Lipinski definition) is 5. The molecule has 2 aromatic carbocycles. The van der Waals surface area contributed by atoms with Gasteiger partial charge in [0.05, 0.1) is 22.0 Å². The first kappa shape index (κ1) is 17.8. The lowest BCUT2D eigenvalue weighted by molar-refractivity contribution is -0.115. The maximum absolute atomic E-state index is 12.6. The van der Waals surface area contributed by atoms with Crippen LogP contribution in [0.25, 0.3) is 22.3 Å². The first-order chi connectivity index (χ1) is 13.1. The van der Waals surface area contributed by atoms with Crippen molar-refractivity contribution in [1.29, 1.82) is 0 Å². The zero-order valence-electron chi connectivity index (χ0n) is 14.9. The molecule has 0 saturated carbocycles. The highest BCUT2D eigenvalue weighted by Crippen LogP contribution is 2.28. The summed E-state index contributed by atoms with van der Waals surface area (Å²) in [7, 11) is 1.97. The van der Waals surface area contributed by atoms with Crippen molar-refractivity contribution in [2.75, 3.05) is 5.32 Å². The lowest BCUT2D eigenvalue weighted by atomic mass is 10.2. The smallest absolute Gasteiger partial charge is 0.239 e. The number of carbonyl (C=O) groups excluding carboxylic acids is 1. The summed E-state index contributed by atoms with van der Waals surface area (Å²) in [6, 6.07) is 17.9. The van der Waals surface area contributed by atoms with Gasteiger partial charge in [-0.25, -0.2) is 9.97 Å². The van der Waals surface area contributed by atoms with Crippen LogP contribution in [0.4, 0.5) is 5.13 Å². The number of imidazole rings is 1. The Bertz CT molecular complexity index is 1090. The van der Waals surface area contributed by atoms with Gasteiger partial charge in [0, 0.05) is 18.0 Å². The van der Waals surface area contributed by atoms with E-state index in [1.165, 1.54) is 23.1 Å². The Morgan fingerprint density at radius 1 is 1.11 bits per heavy atom. The molecule has 1 N–H and O–H groups in total. The highest BCUT2D eigenvalue weighted by atomic mass is 32.2. The minimum Gasteiger partial charge on any atom is -0.322 e. The van der Waals surface area contributed by atoms with Gasteiger partial charge in [0.1, 0.15) is 0 Å². The van der Waals surface area contributed by atoms with Crippen LogP contribution in [0.15, 0.2) is 65.1 Å². The number of aryl methyl sites for hydroxylation is 1. The SMILES string of the molecule is CC(Sc1nc2ccccc2n1C)C(=O)Nc1nc(-c2ccccc2)cs1. The van der Waals surface area contributed by atoms with Gasteiger partial charge in [0.2, 0.25) is 5.91 Å². The van der Waals surface area contributed by atoms with Crippen LogP contribution in [0, 0.1) is 0 Å². The lowest BCUT2D eigenvalue weighted by Gasteiger charge is -2.10. The average molecular weight is 395 g/mol. The van der Waals surface area contributed by atoms with Crippen molar-refractivity contribution in [2.45, 2.75) is 17.3 Å². The Kier molecular flexibility index (Phi) is 4.96. The normalized spacial score (nSPS) is 12.2. The number of fused-ring (bicyclic) bond motifs is 1. The minimum atomic E-state index is -0.287. The molecule has 0 aliphatic carbocycles. The van der Waals surface area contributed by atoms with Crippen LogP contribution in [-0.2, 0) is 11.8 Å². The standard InChI is InChI=1S/C20H18N4OS2/c1-13(27-20-22-15-10-6-7-11-17(15)24(20)2)18(25)23-19-21-16(12-26-19)14-8-4-3-5-9-14/h3-13H,1-2H3,(H,21,23,25). The van der Waals surface area contributed by atoms with E-state index in [2.05, 4.69) is 15.3 Å². The van der Waals surface area contributed by atoms with Crippen molar-refractivity contribution in [3.05, 3.63) is 60.0 Å². The topological polar surface area (TPSA) is 59.8 Å². The van der Waals surface area contributed by atoms with Crippen molar-refractivity contribution in [2.24, 2.45) is 7.05 Å². The maximum atomic E-state index is 12.6. The van der Waals surface area contributed by atoms with Crippen LogP contribution in [0.5, 0.6) is 0 Å². The monoisotopic (exact) mass is 394 g/mol. The maximum Gasteiger partial charge on any atom is 0.239 e. The Morgan fingerprint density at radius 2 is 1.85 bits per heavy atom. The third kappa shape index (κ3) is 3.74. The van der Waals surface area contributed by atoms with Gasteiger partial charge in [0.25, 0.3) is 0 Å². The second-order valence-corrected chi connectivity index (χ2v) is 8.26. The van der Waals surface area contributed by atoms with E-state index in [0.717, 1.165) is 27.4 Å². The van der Waals surface area contributed by atoms with Gasteiger partial charge in [-0.2, -0.15) is 0 Å². The molecular weight excluding hydrogens is 376 g/mol. The fourth-order valence-electron chi connectivity index (χ4n) is 2.72. The first-order valence-electron chi connectivity index (χ1n) is 8.52. The Morgan fingerprint density at radius 3 is 2.63 bits per heavy atom. The van der Waals surface area contributed by atoms with E-state index in [1.54, 1.807) is 0 Å². The largest absolute Gasteiger partial charge is 0.322 e. The minimum absolute atomic E-state index is 0.0824. The Hall–Kier alpha value is -2.64. The van der Waals surface area contributed by atoms with Crippen molar-refractivity contribution < 1.29 is 4.79 Å². The predicted octanol–water partition coefficient (Wildman–Crippen LogP) is 4.82. The second kappa shape index (κ2) is 7.54. The lowest BCUT2D eigenvalue weighted by Crippen LogP contribution is -2.22. The molecule has 4 aromatic rings. The quantitative estimate of drug-likeness (QED) is 0.493. The number of nitrogens with one attached hydrogen (secondary N) is 1. The van der Waals surface area contributed by atoms with Crippen molar-refractivity contribution in [1.82, 2.24) is 14.5 Å². The zero-order chi connectivity index (χ0) is 18.8. The fourth-order valence-corrected chi connectivity index (χ4v) is 4.33. The molecule has 1 amide bonds. The van der Waals surface area contributed by atoms with Gasteiger partial charge in [-0.15, -0.1) is 11.3 Å². The van der Waals surface area contributed by atoms with Crippen molar-refractivity contribution in [3.8, 4) is 11.3 Å². The van der Waals surface area contributed by atoms with Crippen LogP contribution >= 0.6 is 23.1 Å². The zero-order valence-corrected chi connectivity index (χ0v) is 16.6. The molecule has 136 valence electrons. The summed E-state index contributed by atoms with van der Waals surface area (Å²) >= 11 is 2.87. The van der Waals surface area contributed by atoms with Gasteiger partial charge in [-0.1, -0.05) is 54.2 Å². The summed E-state index contributed by atoms with van der Waals surface area (Å²) in [4.78, 5) is 21.7. The van der Waals surface area contributed by atoms with Crippen molar-refractivity contribution in [3.63, 3.8) is 0 Å². The molecule has 2 heterocycles. The number of anilines is 1. The third-order valence-electron chi connectivity index (χ3n) is 4.20. The number of benzene rings is 2. The highest BCUT2D eigenvalue weighted by molar-refractivity contribution is 8.00. The number of carbonyl (C=O) groups is 1. The molecule has 0 aliphatic heterocycles. The molecule has 7 heteroatoms. The molecule has 0 fully saturated rings. The summed E-state index contributed by atoms with van der Waals surface area (Å²) in [6.07, 6.45) is 0. The molecule has 1 unspecified atom stereocenters. The summed E-state index contributed by atoms with van der Waals surface area (Å²) in [5, 5.41) is 6.01. The van der Waals surface area contributed by atoms with Gasteiger partial charge >= 0.3 is 0 Å². The third-order valence-corrected chi connectivity index (χ3v) is 6.10. The molecule has 0 saturated heterocycles. The number of para-hydroxylation sites is 2. The van der Waals surface area contributed by atoms with Gasteiger partial charge in [0.15, 0.2) is 10.3 Å².